The van der Waals surface area contributed by atoms with E-state index < -0.39 is 0 Å². The maximum absolute atomic E-state index is 13.4. The first kappa shape index (κ1) is 14.3. The number of nitrogens with zero attached hydrogens (tertiary/aromatic N) is 1. The van der Waals surface area contributed by atoms with Gasteiger partial charge in [-0.05, 0) is 42.8 Å². The highest BCUT2D eigenvalue weighted by atomic mass is 19.1. The molecular formula is C18H17FN2O. The number of aromatic amines is 1. The van der Waals surface area contributed by atoms with E-state index in [1.165, 1.54) is 12.1 Å². The Kier molecular flexibility index (Phi) is 3.92. The topological polar surface area (TPSA) is 36.1 Å². The van der Waals surface area contributed by atoms with E-state index in [2.05, 4.69) is 4.98 Å². The Bertz CT molecular complexity index is 795. The van der Waals surface area contributed by atoms with Crippen LogP contribution < -0.4 is 4.90 Å². The molecule has 4 heteroatoms. The molecule has 0 unspecified atom stereocenters. The molecule has 0 aliphatic heterocycles. The standard InChI is InChI=1S/C18H17FN2O/c1-2-21(15-6-4-3-5-7-15)18(22)10-13-12-20-17-9-8-14(19)11-16(13)17/h3-9,11-12,20H,2,10H2,1H3. The van der Waals surface area contributed by atoms with Crippen LogP contribution in [0.5, 0.6) is 0 Å². The smallest absolute Gasteiger partial charge is 0.231 e. The fourth-order valence-electron chi connectivity index (χ4n) is 2.67. The van der Waals surface area contributed by atoms with E-state index in [0.717, 1.165) is 22.2 Å². The second-order valence-corrected chi connectivity index (χ2v) is 5.15. The van der Waals surface area contributed by atoms with Crippen molar-refractivity contribution in [2.45, 2.75) is 13.3 Å². The van der Waals surface area contributed by atoms with Gasteiger partial charge in [0.2, 0.25) is 5.91 Å². The fraction of sp³-hybridized carbons (Fsp3) is 0.167. The molecule has 0 fully saturated rings. The molecule has 0 spiro atoms. The Morgan fingerprint density at radius 2 is 1.95 bits per heavy atom. The number of hydrogen-bond acceptors (Lipinski definition) is 1. The number of H-pyrrole nitrogens is 1. The minimum absolute atomic E-state index is 0.00105. The zero-order valence-electron chi connectivity index (χ0n) is 12.3. The molecule has 0 atom stereocenters. The number of amides is 1. The van der Waals surface area contributed by atoms with Crippen molar-refractivity contribution >= 4 is 22.5 Å². The van der Waals surface area contributed by atoms with Crippen molar-refractivity contribution in [1.29, 1.82) is 0 Å². The maximum Gasteiger partial charge on any atom is 0.231 e. The number of rotatable bonds is 4. The van der Waals surface area contributed by atoms with Crippen LogP contribution in [0.1, 0.15) is 12.5 Å². The van der Waals surface area contributed by atoms with E-state index in [0.29, 0.717) is 6.54 Å². The first-order valence-electron chi connectivity index (χ1n) is 7.30. The van der Waals surface area contributed by atoms with Gasteiger partial charge in [-0.1, -0.05) is 18.2 Å². The van der Waals surface area contributed by atoms with Crippen molar-refractivity contribution in [3.8, 4) is 0 Å². The lowest BCUT2D eigenvalue weighted by Crippen LogP contribution is -2.31. The fourth-order valence-corrected chi connectivity index (χ4v) is 2.67. The van der Waals surface area contributed by atoms with Crippen molar-refractivity contribution in [3.63, 3.8) is 0 Å². The van der Waals surface area contributed by atoms with E-state index in [-0.39, 0.29) is 18.1 Å². The predicted octanol–water partition coefficient (Wildman–Crippen LogP) is 3.90. The molecular weight excluding hydrogens is 279 g/mol. The van der Waals surface area contributed by atoms with Gasteiger partial charge < -0.3 is 9.88 Å². The van der Waals surface area contributed by atoms with Gasteiger partial charge in [0.25, 0.3) is 0 Å². The first-order valence-corrected chi connectivity index (χ1v) is 7.30. The summed E-state index contributed by atoms with van der Waals surface area (Å²) in [5, 5.41) is 0.762. The molecule has 3 nitrogen and oxygen atoms in total. The number of halogens is 1. The summed E-state index contributed by atoms with van der Waals surface area (Å²) < 4.78 is 13.4. The molecule has 1 N–H and O–H groups in total. The number of aromatic nitrogens is 1. The predicted molar refractivity (Wildman–Crippen MR) is 86.4 cm³/mol. The summed E-state index contributed by atoms with van der Waals surface area (Å²) in [6.45, 7) is 2.54. The third-order valence-corrected chi connectivity index (χ3v) is 3.76. The molecule has 0 radical (unpaired) electrons. The number of carbonyl (C=O) groups excluding carboxylic acids is 1. The van der Waals surface area contributed by atoms with Crippen molar-refractivity contribution in [1.82, 2.24) is 4.98 Å². The van der Waals surface area contributed by atoms with E-state index in [9.17, 15) is 9.18 Å². The summed E-state index contributed by atoms with van der Waals surface area (Å²) in [7, 11) is 0. The highest BCUT2D eigenvalue weighted by Crippen LogP contribution is 2.21. The lowest BCUT2D eigenvalue weighted by atomic mass is 10.1. The van der Waals surface area contributed by atoms with Gasteiger partial charge in [-0.3, -0.25) is 4.79 Å². The number of carbonyl (C=O) groups is 1. The van der Waals surface area contributed by atoms with E-state index in [4.69, 9.17) is 0 Å². The SMILES string of the molecule is CCN(C(=O)Cc1c[nH]c2ccc(F)cc12)c1ccccc1. The van der Waals surface area contributed by atoms with Crippen LogP contribution in [0.2, 0.25) is 0 Å². The number of likely N-dealkylation sites (N-methyl/N-ethyl adjacent to an activating group) is 1. The van der Waals surface area contributed by atoms with Gasteiger partial charge in [-0.15, -0.1) is 0 Å². The molecule has 3 rings (SSSR count). The van der Waals surface area contributed by atoms with Crippen molar-refractivity contribution in [2.24, 2.45) is 0 Å². The Labute approximate surface area is 128 Å². The van der Waals surface area contributed by atoms with E-state index >= 15 is 0 Å². The Balaban J connectivity index is 1.87. The third kappa shape index (κ3) is 2.72. The Morgan fingerprint density at radius 3 is 2.68 bits per heavy atom. The molecule has 112 valence electrons. The molecule has 0 bridgehead atoms. The molecule has 1 aromatic heterocycles. The minimum Gasteiger partial charge on any atom is -0.361 e. The number of para-hydroxylation sites is 1. The molecule has 0 saturated carbocycles. The highest BCUT2D eigenvalue weighted by Gasteiger charge is 2.16. The van der Waals surface area contributed by atoms with Gasteiger partial charge in [0, 0.05) is 29.3 Å². The van der Waals surface area contributed by atoms with Crippen LogP contribution >= 0.6 is 0 Å². The zero-order valence-corrected chi connectivity index (χ0v) is 12.3. The maximum atomic E-state index is 13.4. The largest absolute Gasteiger partial charge is 0.361 e. The zero-order chi connectivity index (χ0) is 15.5. The molecule has 3 aromatic rings. The van der Waals surface area contributed by atoms with Gasteiger partial charge >= 0.3 is 0 Å². The monoisotopic (exact) mass is 296 g/mol. The second kappa shape index (κ2) is 6.02. The van der Waals surface area contributed by atoms with Gasteiger partial charge in [-0.25, -0.2) is 4.39 Å². The number of hydrogen-bond donors (Lipinski definition) is 1. The molecule has 0 aliphatic carbocycles. The van der Waals surface area contributed by atoms with Crippen LogP contribution in [-0.4, -0.2) is 17.4 Å². The van der Waals surface area contributed by atoms with Crippen molar-refractivity contribution < 1.29 is 9.18 Å². The summed E-state index contributed by atoms with van der Waals surface area (Å²) in [5.74, 6) is -0.296. The van der Waals surface area contributed by atoms with Crippen LogP contribution in [0, 0.1) is 5.82 Å². The number of fused-ring (bicyclic) bond motifs is 1. The highest BCUT2D eigenvalue weighted by molar-refractivity contribution is 5.97. The Hall–Kier alpha value is -2.62. The molecule has 1 amide bonds. The summed E-state index contributed by atoms with van der Waals surface area (Å²) in [6.07, 6.45) is 2.02. The lowest BCUT2D eigenvalue weighted by Gasteiger charge is -2.20. The second-order valence-electron chi connectivity index (χ2n) is 5.15. The van der Waals surface area contributed by atoms with Crippen LogP contribution in [0.4, 0.5) is 10.1 Å². The van der Waals surface area contributed by atoms with Gasteiger partial charge in [0.05, 0.1) is 6.42 Å². The Morgan fingerprint density at radius 1 is 1.18 bits per heavy atom. The van der Waals surface area contributed by atoms with E-state index in [1.807, 2.05) is 37.3 Å². The van der Waals surface area contributed by atoms with Crippen LogP contribution in [0.25, 0.3) is 10.9 Å². The average molecular weight is 296 g/mol. The summed E-state index contributed by atoms with van der Waals surface area (Å²) in [4.78, 5) is 17.4. The minimum atomic E-state index is -0.295. The quantitative estimate of drug-likeness (QED) is 0.778. The van der Waals surface area contributed by atoms with Gasteiger partial charge in [0.15, 0.2) is 0 Å². The summed E-state index contributed by atoms with van der Waals surface area (Å²) in [6, 6.07) is 14.1. The molecule has 22 heavy (non-hydrogen) atoms. The van der Waals surface area contributed by atoms with Gasteiger partial charge in [-0.2, -0.15) is 0 Å². The number of benzene rings is 2. The number of anilines is 1. The average Bonchev–Trinajstić information content (AvgIpc) is 2.91. The molecule has 0 aliphatic rings. The normalized spacial score (nSPS) is 10.8. The lowest BCUT2D eigenvalue weighted by molar-refractivity contribution is -0.117. The van der Waals surface area contributed by atoms with Crippen molar-refractivity contribution in [3.05, 3.63) is 66.1 Å². The van der Waals surface area contributed by atoms with Crippen molar-refractivity contribution in [2.75, 3.05) is 11.4 Å². The summed E-state index contributed by atoms with van der Waals surface area (Å²) in [5.41, 5.74) is 2.53. The van der Waals surface area contributed by atoms with Gasteiger partial charge in [0.1, 0.15) is 5.82 Å². The first-order chi connectivity index (χ1) is 10.7. The molecule has 2 aromatic carbocycles. The van der Waals surface area contributed by atoms with Crippen LogP contribution in [0.3, 0.4) is 0 Å². The molecule has 1 heterocycles. The van der Waals surface area contributed by atoms with E-state index in [1.54, 1.807) is 17.2 Å². The number of nitrogens with one attached hydrogen (secondary N) is 1. The molecule has 0 saturated heterocycles. The third-order valence-electron chi connectivity index (χ3n) is 3.76. The van der Waals surface area contributed by atoms with Crippen LogP contribution in [0.15, 0.2) is 54.7 Å². The summed E-state index contributed by atoms with van der Waals surface area (Å²) >= 11 is 0. The van der Waals surface area contributed by atoms with Crippen LogP contribution in [-0.2, 0) is 11.2 Å².